The van der Waals surface area contributed by atoms with Gasteiger partial charge in [0.2, 0.25) is 0 Å². The Morgan fingerprint density at radius 1 is 1.33 bits per heavy atom. The van der Waals surface area contributed by atoms with Crippen LogP contribution in [-0.4, -0.2) is 20.2 Å². The van der Waals surface area contributed by atoms with E-state index in [0.29, 0.717) is 0 Å². The maximum atomic E-state index is 10.5. The molecule has 54 valence electrons. The standard InChI is InChI=1S/C4H10O4P/c1-3(2)4(5)9(6,7)8/h3,6-8H,1-2H3/q+1. The molecule has 0 bridgehead atoms. The van der Waals surface area contributed by atoms with E-state index in [2.05, 4.69) is 0 Å². The highest BCUT2D eigenvalue weighted by atomic mass is 31.2. The van der Waals surface area contributed by atoms with Gasteiger partial charge in [-0.15, -0.1) is 0 Å². The van der Waals surface area contributed by atoms with Gasteiger partial charge in [0.15, 0.2) is 0 Å². The summed E-state index contributed by atoms with van der Waals surface area (Å²) in [6.07, 6.45) is 0. The molecular formula is C4H10O4P+. The smallest absolute Gasteiger partial charge is 0.243 e. The predicted octanol–water partition coefficient (Wildman–Crippen LogP) is -0.0915. The molecule has 4 nitrogen and oxygen atoms in total. The van der Waals surface area contributed by atoms with Crippen molar-refractivity contribution in [3.05, 3.63) is 0 Å². The fourth-order valence-electron chi connectivity index (χ4n) is 0.346. The van der Waals surface area contributed by atoms with Crippen LogP contribution in [0.1, 0.15) is 13.8 Å². The van der Waals surface area contributed by atoms with Crippen LogP contribution in [0.15, 0.2) is 0 Å². The molecule has 0 unspecified atom stereocenters. The number of rotatable bonds is 2. The van der Waals surface area contributed by atoms with Crippen molar-refractivity contribution in [2.24, 2.45) is 5.92 Å². The normalized spacial score (nSPS) is 12.2. The van der Waals surface area contributed by atoms with Crippen molar-refractivity contribution in [1.29, 1.82) is 0 Å². The molecular weight excluding hydrogens is 143 g/mol. The van der Waals surface area contributed by atoms with Gasteiger partial charge < -0.3 is 0 Å². The molecule has 0 radical (unpaired) electrons. The average molecular weight is 153 g/mol. The van der Waals surface area contributed by atoms with Crippen LogP contribution < -0.4 is 0 Å². The van der Waals surface area contributed by atoms with Crippen LogP contribution >= 0.6 is 7.94 Å². The fourth-order valence-corrected chi connectivity index (χ4v) is 1.04. The van der Waals surface area contributed by atoms with Gasteiger partial charge in [0.25, 0.3) is 0 Å². The maximum absolute atomic E-state index is 10.5. The first-order valence-corrected chi connectivity index (χ1v) is 4.12. The number of hydrogen-bond acceptors (Lipinski definition) is 4. The van der Waals surface area contributed by atoms with Crippen molar-refractivity contribution >= 4 is 13.5 Å². The molecule has 0 heterocycles. The maximum Gasteiger partial charge on any atom is 0.478 e. The van der Waals surface area contributed by atoms with Crippen LogP contribution in [0.5, 0.6) is 0 Å². The SMILES string of the molecule is CC(C)C(=O)[P+](O)(O)O. The van der Waals surface area contributed by atoms with Gasteiger partial charge in [-0.3, -0.25) is 0 Å². The van der Waals surface area contributed by atoms with Gasteiger partial charge in [-0.05, 0) is 0 Å². The van der Waals surface area contributed by atoms with Crippen LogP contribution in [0.25, 0.3) is 0 Å². The molecule has 3 N–H and O–H groups in total. The lowest BCUT2D eigenvalue weighted by molar-refractivity contribution is -0.116. The summed E-state index contributed by atoms with van der Waals surface area (Å²) in [6, 6.07) is 0. The van der Waals surface area contributed by atoms with Crippen molar-refractivity contribution in [3.8, 4) is 0 Å². The summed E-state index contributed by atoms with van der Waals surface area (Å²) in [5.74, 6) is -0.529. The summed E-state index contributed by atoms with van der Waals surface area (Å²) < 4.78 is 0. The summed E-state index contributed by atoms with van der Waals surface area (Å²) in [7, 11) is -4.20. The highest BCUT2D eigenvalue weighted by Crippen LogP contribution is 2.47. The highest BCUT2D eigenvalue weighted by molar-refractivity contribution is 7.76. The van der Waals surface area contributed by atoms with Crippen LogP contribution in [0.3, 0.4) is 0 Å². The van der Waals surface area contributed by atoms with Gasteiger partial charge in [-0.2, -0.15) is 14.7 Å². The molecule has 0 amide bonds. The topological polar surface area (TPSA) is 77.8 Å². The first-order chi connectivity index (χ1) is 3.85. The second kappa shape index (κ2) is 2.71. The van der Waals surface area contributed by atoms with Crippen LogP contribution in [0, 0.1) is 5.92 Å². The van der Waals surface area contributed by atoms with E-state index in [0.717, 1.165) is 0 Å². The van der Waals surface area contributed by atoms with E-state index in [9.17, 15) is 4.79 Å². The summed E-state index contributed by atoms with van der Waals surface area (Å²) in [5, 5.41) is 0. The molecule has 0 fully saturated rings. The van der Waals surface area contributed by atoms with E-state index in [1.54, 1.807) is 0 Å². The average Bonchev–Trinajstić information content (AvgIpc) is 1.62. The second-order valence-electron chi connectivity index (χ2n) is 2.06. The highest BCUT2D eigenvalue weighted by Gasteiger charge is 2.43. The van der Waals surface area contributed by atoms with E-state index >= 15 is 0 Å². The van der Waals surface area contributed by atoms with Gasteiger partial charge in [0.05, 0.1) is 5.92 Å². The van der Waals surface area contributed by atoms with Gasteiger partial charge in [-0.1, -0.05) is 13.8 Å². The first-order valence-electron chi connectivity index (χ1n) is 2.47. The zero-order valence-corrected chi connectivity index (χ0v) is 6.17. The third-order valence-electron chi connectivity index (χ3n) is 0.790. The number of hydrogen-bond donors (Lipinski definition) is 3. The minimum atomic E-state index is -4.20. The van der Waals surface area contributed by atoms with Gasteiger partial charge in [-0.25, -0.2) is 4.79 Å². The quantitative estimate of drug-likeness (QED) is 0.484. The van der Waals surface area contributed by atoms with E-state index in [4.69, 9.17) is 14.7 Å². The summed E-state index contributed by atoms with van der Waals surface area (Å²) in [4.78, 5) is 35.5. The molecule has 0 aromatic rings. The van der Waals surface area contributed by atoms with Gasteiger partial charge >= 0.3 is 13.5 Å². The lowest BCUT2D eigenvalue weighted by atomic mass is 10.3. The summed E-state index contributed by atoms with van der Waals surface area (Å²) in [5.41, 5.74) is -0.887. The molecule has 0 rings (SSSR count). The molecule has 9 heavy (non-hydrogen) atoms. The lowest BCUT2D eigenvalue weighted by Gasteiger charge is -2.02. The first kappa shape index (κ1) is 8.98. The van der Waals surface area contributed by atoms with Crippen LogP contribution in [-0.2, 0) is 4.79 Å². The van der Waals surface area contributed by atoms with Crippen LogP contribution in [0.2, 0.25) is 0 Å². The van der Waals surface area contributed by atoms with E-state index in [1.807, 2.05) is 0 Å². The molecule has 0 saturated heterocycles. The molecule has 0 aliphatic carbocycles. The Balaban J connectivity index is 4.06. The fraction of sp³-hybridized carbons (Fsp3) is 0.750. The van der Waals surface area contributed by atoms with Crippen LogP contribution in [0.4, 0.5) is 0 Å². The van der Waals surface area contributed by atoms with Crippen molar-refractivity contribution in [3.63, 3.8) is 0 Å². The Morgan fingerprint density at radius 2 is 1.67 bits per heavy atom. The van der Waals surface area contributed by atoms with Crippen molar-refractivity contribution < 1.29 is 19.5 Å². The number of carbonyl (C=O) groups is 1. The van der Waals surface area contributed by atoms with Crippen molar-refractivity contribution in [2.45, 2.75) is 13.8 Å². The summed E-state index contributed by atoms with van der Waals surface area (Å²) in [6.45, 7) is 2.97. The second-order valence-corrected chi connectivity index (χ2v) is 3.64. The van der Waals surface area contributed by atoms with E-state index in [-0.39, 0.29) is 0 Å². The van der Waals surface area contributed by atoms with Gasteiger partial charge in [0.1, 0.15) is 0 Å². The molecule has 0 spiro atoms. The third kappa shape index (κ3) is 2.87. The van der Waals surface area contributed by atoms with Gasteiger partial charge in [0, 0.05) is 0 Å². The minimum absolute atomic E-state index is 0.529. The summed E-state index contributed by atoms with van der Waals surface area (Å²) >= 11 is 0. The molecule has 0 aromatic heterocycles. The zero-order valence-electron chi connectivity index (χ0n) is 5.27. The predicted molar refractivity (Wildman–Crippen MR) is 33.4 cm³/mol. The molecule has 5 heteroatoms. The Morgan fingerprint density at radius 3 is 1.67 bits per heavy atom. The minimum Gasteiger partial charge on any atom is -0.243 e. The Kier molecular flexibility index (Phi) is 2.70. The number of carbonyl (C=O) groups excluding carboxylic acids is 1. The Bertz CT molecular complexity index is 114. The molecule has 0 aliphatic rings. The van der Waals surface area contributed by atoms with Crippen molar-refractivity contribution in [1.82, 2.24) is 0 Å². The monoisotopic (exact) mass is 153 g/mol. The largest absolute Gasteiger partial charge is 0.478 e. The van der Waals surface area contributed by atoms with E-state index < -0.39 is 19.4 Å². The lowest BCUT2D eigenvalue weighted by Crippen LogP contribution is -2.11. The molecule has 0 aromatic carbocycles. The zero-order chi connectivity index (χ0) is 7.65. The Hall–Kier alpha value is -0.0200. The molecule has 0 aliphatic heterocycles. The molecule has 0 atom stereocenters. The van der Waals surface area contributed by atoms with Crippen molar-refractivity contribution in [2.75, 3.05) is 0 Å². The van der Waals surface area contributed by atoms with E-state index in [1.165, 1.54) is 13.8 Å². The Labute approximate surface area is 53.7 Å². The third-order valence-corrected chi connectivity index (χ3v) is 1.90. The molecule has 0 saturated carbocycles.